The molecule has 0 aliphatic carbocycles. The van der Waals surface area contributed by atoms with Crippen LogP contribution in [0.4, 0.5) is 0 Å². The van der Waals surface area contributed by atoms with Crippen molar-refractivity contribution in [2.24, 2.45) is 0 Å². The average Bonchev–Trinajstić information content (AvgIpc) is 2.44. The lowest BCUT2D eigenvalue weighted by atomic mass is 9.90. The summed E-state index contributed by atoms with van der Waals surface area (Å²) in [5.74, 6) is -0.342. The van der Waals surface area contributed by atoms with Crippen molar-refractivity contribution in [3.05, 3.63) is 35.9 Å². The second-order valence-corrected chi connectivity index (χ2v) is 4.76. The van der Waals surface area contributed by atoms with Gasteiger partial charge in [0.1, 0.15) is 6.10 Å². The first kappa shape index (κ1) is 15.0. The third kappa shape index (κ3) is 3.00. The smallest absolute Gasteiger partial charge is 0.333 e. The molecule has 0 aromatic heterocycles. The second kappa shape index (κ2) is 6.83. The number of likely N-dealkylation sites (N-methyl/N-ethyl adjacent to an activating group) is 1. The Hall–Kier alpha value is -1.43. The first-order valence-electron chi connectivity index (χ1n) is 6.81. The van der Waals surface area contributed by atoms with E-state index in [1.807, 2.05) is 37.3 Å². The molecule has 110 valence electrons. The van der Waals surface area contributed by atoms with Crippen molar-refractivity contribution < 1.29 is 19.0 Å². The minimum atomic E-state index is -0.972. The molecule has 1 aliphatic heterocycles. The van der Waals surface area contributed by atoms with Crippen LogP contribution >= 0.6 is 0 Å². The summed E-state index contributed by atoms with van der Waals surface area (Å²) in [7, 11) is 1.39. The quantitative estimate of drug-likeness (QED) is 0.757. The number of nitrogens with one attached hydrogen (secondary N) is 1. The van der Waals surface area contributed by atoms with Gasteiger partial charge in [0.15, 0.2) is 5.54 Å². The molecule has 1 aromatic rings. The SMILES string of the molecule is CCNC(COC1COC1)(C(=O)OC)c1ccccc1. The van der Waals surface area contributed by atoms with Crippen LogP contribution < -0.4 is 5.32 Å². The fourth-order valence-electron chi connectivity index (χ4n) is 2.24. The monoisotopic (exact) mass is 279 g/mol. The lowest BCUT2D eigenvalue weighted by Crippen LogP contribution is -2.55. The van der Waals surface area contributed by atoms with Crippen molar-refractivity contribution >= 4 is 5.97 Å². The van der Waals surface area contributed by atoms with Crippen molar-refractivity contribution in [2.75, 3.05) is 33.5 Å². The molecule has 1 aliphatic rings. The Morgan fingerprint density at radius 2 is 2.10 bits per heavy atom. The predicted molar refractivity (Wildman–Crippen MR) is 74.4 cm³/mol. The molecule has 1 unspecified atom stereocenters. The molecule has 1 heterocycles. The van der Waals surface area contributed by atoms with Crippen LogP contribution in [0.25, 0.3) is 0 Å². The van der Waals surface area contributed by atoms with Crippen LogP contribution in [0.1, 0.15) is 12.5 Å². The summed E-state index contributed by atoms with van der Waals surface area (Å²) in [6, 6.07) is 9.52. The fraction of sp³-hybridized carbons (Fsp3) is 0.533. The van der Waals surface area contributed by atoms with Gasteiger partial charge in [0.05, 0.1) is 26.9 Å². The molecule has 1 saturated heterocycles. The maximum Gasteiger partial charge on any atom is 0.333 e. The number of rotatable bonds is 7. The van der Waals surface area contributed by atoms with E-state index in [2.05, 4.69) is 5.32 Å². The lowest BCUT2D eigenvalue weighted by Gasteiger charge is -2.35. The minimum Gasteiger partial charge on any atom is -0.467 e. The Bertz CT molecular complexity index is 433. The number of esters is 1. The van der Waals surface area contributed by atoms with Crippen LogP contribution in [0, 0.1) is 0 Å². The summed E-state index contributed by atoms with van der Waals surface area (Å²) in [5.41, 5.74) is -0.130. The van der Waals surface area contributed by atoms with Crippen molar-refractivity contribution in [3.8, 4) is 0 Å². The summed E-state index contributed by atoms with van der Waals surface area (Å²) >= 11 is 0. The summed E-state index contributed by atoms with van der Waals surface area (Å²) in [4.78, 5) is 12.3. The maximum atomic E-state index is 12.3. The number of carbonyl (C=O) groups is 1. The van der Waals surface area contributed by atoms with Crippen LogP contribution in [0.5, 0.6) is 0 Å². The zero-order valence-electron chi connectivity index (χ0n) is 11.9. The third-order valence-corrected chi connectivity index (χ3v) is 3.42. The molecule has 0 radical (unpaired) electrons. The van der Waals surface area contributed by atoms with Crippen molar-refractivity contribution in [1.82, 2.24) is 5.32 Å². The summed E-state index contributed by atoms with van der Waals surface area (Å²) in [6.45, 7) is 3.98. The van der Waals surface area contributed by atoms with Crippen molar-refractivity contribution in [3.63, 3.8) is 0 Å². The van der Waals surface area contributed by atoms with E-state index in [-0.39, 0.29) is 18.7 Å². The number of benzene rings is 1. The highest BCUT2D eigenvalue weighted by molar-refractivity contribution is 5.82. The van der Waals surface area contributed by atoms with Crippen LogP contribution in [-0.4, -0.2) is 45.5 Å². The molecule has 0 spiro atoms. The first-order chi connectivity index (χ1) is 9.73. The van der Waals surface area contributed by atoms with Gasteiger partial charge in [-0.05, 0) is 12.1 Å². The summed E-state index contributed by atoms with van der Waals surface area (Å²) < 4.78 is 15.9. The number of hydrogen-bond donors (Lipinski definition) is 1. The number of ether oxygens (including phenoxy) is 3. The van der Waals surface area contributed by atoms with Gasteiger partial charge in [-0.15, -0.1) is 0 Å². The van der Waals surface area contributed by atoms with E-state index >= 15 is 0 Å². The molecule has 0 saturated carbocycles. The Morgan fingerprint density at radius 3 is 2.60 bits per heavy atom. The molecule has 5 heteroatoms. The molecule has 2 rings (SSSR count). The van der Waals surface area contributed by atoms with E-state index in [0.29, 0.717) is 19.8 Å². The van der Waals surface area contributed by atoms with Crippen LogP contribution in [-0.2, 0) is 24.5 Å². The third-order valence-electron chi connectivity index (χ3n) is 3.42. The normalized spacial score (nSPS) is 18.1. The highest BCUT2D eigenvalue weighted by Gasteiger charge is 2.42. The fourth-order valence-corrected chi connectivity index (χ4v) is 2.24. The zero-order chi connectivity index (χ0) is 14.4. The summed E-state index contributed by atoms with van der Waals surface area (Å²) in [6.07, 6.45) is 0.0569. The van der Waals surface area contributed by atoms with Gasteiger partial charge in [0.25, 0.3) is 0 Å². The highest BCUT2D eigenvalue weighted by atomic mass is 16.6. The van der Waals surface area contributed by atoms with E-state index in [9.17, 15) is 4.79 Å². The van der Waals surface area contributed by atoms with E-state index in [1.165, 1.54) is 7.11 Å². The number of hydrogen-bond acceptors (Lipinski definition) is 5. The van der Waals surface area contributed by atoms with Gasteiger partial charge in [-0.3, -0.25) is 5.32 Å². The molecule has 20 heavy (non-hydrogen) atoms. The first-order valence-corrected chi connectivity index (χ1v) is 6.81. The van der Waals surface area contributed by atoms with Gasteiger partial charge in [-0.1, -0.05) is 37.3 Å². The van der Waals surface area contributed by atoms with E-state index < -0.39 is 5.54 Å². The van der Waals surface area contributed by atoms with E-state index in [0.717, 1.165) is 5.56 Å². The predicted octanol–water partition coefficient (Wildman–Crippen LogP) is 1.08. The largest absolute Gasteiger partial charge is 0.467 e. The zero-order valence-corrected chi connectivity index (χ0v) is 11.9. The molecular formula is C15H21NO4. The molecule has 1 atom stereocenters. The van der Waals surface area contributed by atoms with Gasteiger partial charge < -0.3 is 14.2 Å². The van der Waals surface area contributed by atoms with Gasteiger partial charge in [-0.25, -0.2) is 4.79 Å². The Kier molecular flexibility index (Phi) is 5.11. The van der Waals surface area contributed by atoms with Gasteiger partial charge in [0.2, 0.25) is 0 Å². The van der Waals surface area contributed by atoms with Gasteiger partial charge in [-0.2, -0.15) is 0 Å². The molecular weight excluding hydrogens is 258 g/mol. The Morgan fingerprint density at radius 1 is 1.40 bits per heavy atom. The molecule has 1 N–H and O–H groups in total. The lowest BCUT2D eigenvalue weighted by molar-refractivity contribution is -0.165. The van der Waals surface area contributed by atoms with Crippen LogP contribution in [0.3, 0.4) is 0 Å². The van der Waals surface area contributed by atoms with Gasteiger partial charge >= 0.3 is 5.97 Å². The van der Waals surface area contributed by atoms with E-state index in [1.54, 1.807) is 0 Å². The van der Waals surface area contributed by atoms with Crippen molar-refractivity contribution in [1.29, 1.82) is 0 Å². The number of methoxy groups -OCH3 is 1. The van der Waals surface area contributed by atoms with Crippen molar-refractivity contribution in [2.45, 2.75) is 18.6 Å². The Labute approximate surface area is 119 Å². The van der Waals surface area contributed by atoms with Crippen LogP contribution in [0.2, 0.25) is 0 Å². The molecule has 0 amide bonds. The Balaban J connectivity index is 2.25. The standard InChI is InChI=1S/C15H21NO4/c1-3-16-15(14(17)18-2,11-20-13-9-19-10-13)12-7-5-4-6-8-12/h4-8,13,16H,3,9-11H2,1-2H3. The van der Waals surface area contributed by atoms with E-state index in [4.69, 9.17) is 14.2 Å². The second-order valence-electron chi connectivity index (χ2n) is 4.76. The molecule has 5 nitrogen and oxygen atoms in total. The summed E-state index contributed by atoms with van der Waals surface area (Å²) in [5, 5.41) is 3.23. The van der Waals surface area contributed by atoms with Crippen LogP contribution in [0.15, 0.2) is 30.3 Å². The average molecular weight is 279 g/mol. The highest BCUT2D eigenvalue weighted by Crippen LogP contribution is 2.25. The van der Waals surface area contributed by atoms with Gasteiger partial charge in [0, 0.05) is 0 Å². The molecule has 1 fully saturated rings. The minimum absolute atomic E-state index is 0.0569. The molecule has 0 bridgehead atoms. The maximum absolute atomic E-state index is 12.3. The topological polar surface area (TPSA) is 56.8 Å². The molecule has 1 aromatic carbocycles. The number of carbonyl (C=O) groups excluding carboxylic acids is 1.